The summed E-state index contributed by atoms with van der Waals surface area (Å²) in [6.07, 6.45) is 0. The molecule has 7 heteroatoms. The van der Waals surface area contributed by atoms with Gasteiger partial charge in [0.1, 0.15) is 11.6 Å². The van der Waals surface area contributed by atoms with Gasteiger partial charge in [-0.2, -0.15) is 0 Å². The van der Waals surface area contributed by atoms with Crippen molar-refractivity contribution in [3.8, 4) is 0 Å². The number of hydrogen-bond acceptors (Lipinski definition) is 3. The van der Waals surface area contributed by atoms with Crippen LogP contribution in [0.2, 0.25) is 0 Å². The van der Waals surface area contributed by atoms with E-state index in [1.54, 1.807) is 6.92 Å². The van der Waals surface area contributed by atoms with Gasteiger partial charge in [-0.3, -0.25) is 4.90 Å². The topological polar surface area (TPSA) is 36.5 Å². The molecule has 22 heavy (non-hydrogen) atoms. The van der Waals surface area contributed by atoms with Gasteiger partial charge in [-0.15, -0.1) is 0 Å². The molecule has 1 atom stereocenters. The van der Waals surface area contributed by atoms with Crippen molar-refractivity contribution in [2.24, 2.45) is 0 Å². The molecule has 2 N–H and O–H groups in total. The third-order valence-electron chi connectivity index (χ3n) is 3.59. The first-order valence-corrected chi connectivity index (χ1v) is 7.76. The van der Waals surface area contributed by atoms with Crippen LogP contribution in [0.4, 0.5) is 8.78 Å². The van der Waals surface area contributed by atoms with E-state index in [9.17, 15) is 8.78 Å². The summed E-state index contributed by atoms with van der Waals surface area (Å²) in [5, 5.41) is 6.57. The summed E-state index contributed by atoms with van der Waals surface area (Å²) in [5.74, 6) is -1.16. The van der Waals surface area contributed by atoms with Crippen molar-refractivity contribution in [3.05, 3.63) is 35.4 Å². The molecule has 0 spiro atoms. The molecule has 122 valence electrons. The lowest BCUT2D eigenvalue weighted by Crippen LogP contribution is -2.44. The van der Waals surface area contributed by atoms with Crippen molar-refractivity contribution in [2.45, 2.75) is 13.0 Å². The van der Waals surface area contributed by atoms with Gasteiger partial charge in [0.2, 0.25) is 0 Å². The van der Waals surface area contributed by atoms with Crippen molar-refractivity contribution >= 4 is 17.3 Å². The van der Waals surface area contributed by atoms with Crippen LogP contribution in [0.15, 0.2) is 18.2 Å². The average Bonchev–Trinajstić information content (AvgIpc) is 2.48. The average molecular weight is 329 g/mol. The number of hydrogen-bond donors (Lipinski definition) is 2. The van der Waals surface area contributed by atoms with Gasteiger partial charge in [0, 0.05) is 37.8 Å². The van der Waals surface area contributed by atoms with E-state index >= 15 is 0 Å². The van der Waals surface area contributed by atoms with Crippen molar-refractivity contribution in [2.75, 3.05) is 39.4 Å². The molecule has 1 aliphatic rings. The predicted octanol–water partition coefficient (Wildman–Crippen LogP) is 1.82. The number of halogens is 2. The number of morpholine rings is 1. The lowest BCUT2D eigenvalue weighted by Gasteiger charge is -2.27. The van der Waals surface area contributed by atoms with E-state index in [1.807, 2.05) is 0 Å². The van der Waals surface area contributed by atoms with Crippen molar-refractivity contribution < 1.29 is 13.5 Å². The highest BCUT2D eigenvalue weighted by molar-refractivity contribution is 7.80. The van der Waals surface area contributed by atoms with Gasteiger partial charge in [0.25, 0.3) is 0 Å². The van der Waals surface area contributed by atoms with Crippen LogP contribution < -0.4 is 10.6 Å². The molecule has 1 aromatic rings. The first-order chi connectivity index (χ1) is 10.6. The predicted molar refractivity (Wildman–Crippen MR) is 85.8 cm³/mol. The minimum Gasteiger partial charge on any atom is -0.379 e. The lowest BCUT2D eigenvalue weighted by molar-refractivity contribution is 0.0389. The SMILES string of the molecule is C[C@@H](NC(=S)NCCN1CCOCC1)c1ccc(F)cc1F. The summed E-state index contributed by atoms with van der Waals surface area (Å²) in [5.41, 5.74) is 0.388. The van der Waals surface area contributed by atoms with Crippen LogP contribution in [0.5, 0.6) is 0 Å². The molecule has 2 rings (SSSR count). The van der Waals surface area contributed by atoms with E-state index in [4.69, 9.17) is 17.0 Å². The highest BCUT2D eigenvalue weighted by Crippen LogP contribution is 2.17. The highest BCUT2D eigenvalue weighted by atomic mass is 32.1. The summed E-state index contributed by atoms with van der Waals surface area (Å²) in [6, 6.07) is 3.22. The van der Waals surface area contributed by atoms with Gasteiger partial charge < -0.3 is 15.4 Å². The van der Waals surface area contributed by atoms with E-state index < -0.39 is 11.6 Å². The van der Waals surface area contributed by atoms with Crippen LogP contribution in [0, 0.1) is 11.6 Å². The minimum absolute atomic E-state index is 0.330. The Morgan fingerprint density at radius 3 is 2.77 bits per heavy atom. The molecule has 1 aliphatic heterocycles. The Morgan fingerprint density at radius 1 is 1.36 bits per heavy atom. The molecule has 0 radical (unpaired) electrons. The van der Waals surface area contributed by atoms with Gasteiger partial charge >= 0.3 is 0 Å². The molecule has 0 bridgehead atoms. The summed E-state index contributed by atoms with van der Waals surface area (Å²) >= 11 is 5.20. The molecule has 0 unspecified atom stereocenters. The Balaban J connectivity index is 1.73. The zero-order valence-electron chi connectivity index (χ0n) is 12.6. The number of thiocarbonyl (C=S) groups is 1. The van der Waals surface area contributed by atoms with E-state index in [1.165, 1.54) is 12.1 Å². The zero-order valence-corrected chi connectivity index (χ0v) is 13.4. The van der Waals surface area contributed by atoms with E-state index in [-0.39, 0.29) is 6.04 Å². The van der Waals surface area contributed by atoms with Gasteiger partial charge in [0.15, 0.2) is 5.11 Å². The maximum absolute atomic E-state index is 13.7. The molecule has 1 saturated heterocycles. The Kier molecular flexibility index (Phi) is 6.48. The molecular weight excluding hydrogens is 308 g/mol. The third kappa shape index (κ3) is 5.15. The largest absolute Gasteiger partial charge is 0.379 e. The lowest BCUT2D eigenvalue weighted by atomic mass is 10.1. The number of benzene rings is 1. The monoisotopic (exact) mass is 329 g/mol. The number of rotatable bonds is 5. The first-order valence-electron chi connectivity index (χ1n) is 7.35. The van der Waals surface area contributed by atoms with E-state index in [0.29, 0.717) is 17.2 Å². The van der Waals surface area contributed by atoms with Gasteiger partial charge in [0.05, 0.1) is 19.3 Å². The number of nitrogens with one attached hydrogen (secondary N) is 2. The Bertz CT molecular complexity index is 510. The second-order valence-electron chi connectivity index (χ2n) is 5.24. The summed E-state index contributed by atoms with van der Waals surface area (Å²) in [6.45, 7) is 6.77. The van der Waals surface area contributed by atoms with Crippen molar-refractivity contribution in [1.82, 2.24) is 15.5 Å². The van der Waals surface area contributed by atoms with Crippen LogP contribution in [0.25, 0.3) is 0 Å². The molecule has 4 nitrogen and oxygen atoms in total. The Labute approximate surface area is 134 Å². The molecule has 0 saturated carbocycles. The third-order valence-corrected chi connectivity index (χ3v) is 3.86. The molecule has 1 fully saturated rings. The molecular formula is C15H21F2N3OS. The smallest absolute Gasteiger partial charge is 0.166 e. The van der Waals surface area contributed by atoms with Gasteiger partial charge in [-0.05, 0) is 25.2 Å². The van der Waals surface area contributed by atoms with E-state index in [0.717, 1.165) is 38.9 Å². The fourth-order valence-electron chi connectivity index (χ4n) is 2.33. The second kappa shape index (κ2) is 8.36. The van der Waals surface area contributed by atoms with Gasteiger partial charge in [-0.25, -0.2) is 8.78 Å². The fraction of sp³-hybridized carbons (Fsp3) is 0.533. The fourth-order valence-corrected chi connectivity index (χ4v) is 2.61. The summed E-state index contributed by atoms with van der Waals surface area (Å²) in [7, 11) is 0. The Morgan fingerprint density at radius 2 is 2.09 bits per heavy atom. The molecule has 0 amide bonds. The number of ether oxygens (including phenoxy) is 1. The first kappa shape index (κ1) is 17.1. The van der Waals surface area contributed by atoms with Crippen LogP contribution in [-0.4, -0.2) is 49.4 Å². The second-order valence-corrected chi connectivity index (χ2v) is 5.65. The molecule has 1 aromatic carbocycles. The number of nitrogens with zero attached hydrogens (tertiary/aromatic N) is 1. The quantitative estimate of drug-likeness (QED) is 0.806. The zero-order chi connectivity index (χ0) is 15.9. The van der Waals surface area contributed by atoms with Crippen molar-refractivity contribution in [3.63, 3.8) is 0 Å². The van der Waals surface area contributed by atoms with Crippen molar-refractivity contribution in [1.29, 1.82) is 0 Å². The molecule has 1 heterocycles. The van der Waals surface area contributed by atoms with Crippen LogP contribution in [0.3, 0.4) is 0 Å². The maximum atomic E-state index is 13.7. The molecule has 0 aromatic heterocycles. The normalized spacial score (nSPS) is 17.0. The van der Waals surface area contributed by atoms with Crippen LogP contribution in [0.1, 0.15) is 18.5 Å². The standard InChI is InChI=1S/C15H21F2N3OS/c1-11(13-3-2-12(16)10-14(13)17)19-15(22)18-4-5-20-6-8-21-9-7-20/h2-3,10-11H,4-9H2,1H3,(H2,18,19,22)/t11-/m1/s1. The van der Waals surface area contributed by atoms with Crippen LogP contribution in [-0.2, 0) is 4.74 Å². The van der Waals surface area contributed by atoms with Crippen LogP contribution >= 0.6 is 12.2 Å². The highest BCUT2D eigenvalue weighted by Gasteiger charge is 2.13. The van der Waals surface area contributed by atoms with Gasteiger partial charge in [-0.1, -0.05) is 6.07 Å². The summed E-state index contributed by atoms with van der Waals surface area (Å²) < 4.78 is 31.9. The maximum Gasteiger partial charge on any atom is 0.166 e. The minimum atomic E-state index is -0.584. The summed E-state index contributed by atoms with van der Waals surface area (Å²) in [4.78, 5) is 2.29. The Hall–Kier alpha value is -1.31. The molecule has 0 aliphatic carbocycles. The van der Waals surface area contributed by atoms with E-state index in [2.05, 4.69) is 15.5 Å².